The van der Waals surface area contributed by atoms with E-state index in [1.165, 1.54) is 18.2 Å². The molecule has 0 saturated carbocycles. The van der Waals surface area contributed by atoms with Crippen LogP contribution in [0.4, 0.5) is 10.1 Å². The van der Waals surface area contributed by atoms with Crippen LogP contribution in [-0.4, -0.2) is 32.5 Å². The van der Waals surface area contributed by atoms with E-state index in [0.29, 0.717) is 5.56 Å². The Kier molecular flexibility index (Phi) is 4.88. The average molecular weight is 301 g/mol. The molecule has 0 unspecified atom stereocenters. The van der Waals surface area contributed by atoms with E-state index in [-0.39, 0.29) is 5.56 Å². The molecule has 5 heteroatoms. The topological polar surface area (TPSA) is 46.6 Å². The highest BCUT2D eigenvalue weighted by Gasteiger charge is 2.15. The quantitative estimate of drug-likeness (QED) is 0.629. The van der Waals surface area contributed by atoms with Crippen molar-refractivity contribution in [2.75, 3.05) is 25.6 Å². The van der Waals surface area contributed by atoms with Gasteiger partial charge in [0, 0.05) is 19.8 Å². The number of hydrogen-bond acceptors (Lipinski definition) is 4. The standard InChI is InChI=1S/C17H16FNO3/c1-19(2)13-7-5-6-12(10-13)17(21)22-11-16(20)14-8-3-4-9-15(14)18/h3-10H,11H2,1-2H3. The molecule has 0 aromatic heterocycles. The molecule has 0 bridgehead atoms. The zero-order valence-electron chi connectivity index (χ0n) is 12.4. The minimum absolute atomic E-state index is 0.0858. The fraction of sp³-hybridized carbons (Fsp3) is 0.176. The third-order valence-electron chi connectivity index (χ3n) is 3.11. The van der Waals surface area contributed by atoms with Gasteiger partial charge in [-0.2, -0.15) is 0 Å². The van der Waals surface area contributed by atoms with Crippen LogP contribution in [0.5, 0.6) is 0 Å². The van der Waals surface area contributed by atoms with Crippen LogP contribution in [0, 0.1) is 5.82 Å². The zero-order chi connectivity index (χ0) is 16.1. The number of carbonyl (C=O) groups excluding carboxylic acids is 2. The summed E-state index contributed by atoms with van der Waals surface area (Å²) in [6.07, 6.45) is 0. The van der Waals surface area contributed by atoms with Gasteiger partial charge < -0.3 is 9.64 Å². The van der Waals surface area contributed by atoms with Crippen LogP contribution in [-0.2, 0) is 4.74 Å². The van der Waals surface area contributed by atoms with Crippen LogP contribution in [0.3, 0.4) is 0 Å². The van der Waals surface area contributed by atoms with E-state index in [4.69, 9.17) is 4.74 Å². The maximum atomic E-state index is 13.5. The Morgan fingerprint density at radius 2 is 1.82 bits per heavy atom. The van der Waals surface area contributed by atoms with Gasteiger partial charge in [-0.05, 0) is 30.3 Å². The molecule has 22 heavy (non-hydrogen) atoms. The summed E-state index contributed by atoms with van der Waals surface area (Å²) in [6.45, 7) is -0.494. The van der Waals surface area contributed by atoms with Gasteiger partial charge in [0.05, 0.1) is 11.1 Å². The first-order valence-corrected chi connectivity index (χ1v) is 6.71. The lowest BCUT2D eigenvalue weighted by Crippen LogP contribution is -2.16. The minimum Gasteiger partial charge on any atom is -0.454 e. The first-order chi connectivity index (χ1) is 10.5. The first kappa shape index (κ1) is 15.7. The molecule has 0 fully saturated rings. The van der Waals surface area contributed by atoms with Crippen LogP contribution in [0.2, 0.25) is 0 Å². The van der Waals surface area contributed by atoms with Crippen molar-refractivity contribution in [3.05, 3.63) is 65.5 Å². The lowest BCUT2D eigenvalue weighted by Gasteiger charge is -2.13. The van der Waals surface area contributed by atoms with Gasteiger partial charge >= 0.3 is 5.97 Å². The maximum absolute atomic E-state index is 13.5. The van der Waals surface area contributed by atoms with E-state index in [0.717, 1.165) is 5.69 Å². The Morgan fingerprint density at radius 1 is 1.09 bits per heavy atom. The summed E-state index contributed by atoms with van der Waals surface area (Å²) >= 11 is 0. The average Bonchev–Trinajstić information content (AvgIpc) is 2.52. The lowest BCUT2D eigenvalue weighted by atomic mass is 10.1. The zero-order valence-corrected chi connectivity index (χ0v) is 12.4. The van der Waals surface area contributed by atoms with Gasteiger partial charge in [-0.15, -0.1) is 0 Å². The minimum atomic E-state index is -0.627. The number of nitrogens with zero attached hydrogens (tertiary/aromatic N) is 1. The number of benzene rings is 2. The summed E-state index contributed by atoms with van der Waals surface area (Å²) < 4.78 is 18.4. The first-order valence-electron chi connectivity index (χ1n) is 6.71. The molecule has 0 aliphatic carbocycles. The van der Waals surface area contributed by atoms with Crippen LogP contribution in [0.25, 0.3) is 0 Å². The van der Waals surface area contributed by atoms with E-state index >= 15 is 0 Å². The summed E-state index contributed by atoms with van der Waals surface area (Å²) in [5.74, 6) is -1.82. The van der Waals surface area contributed by atoms with Crippen molar-refractivity contribution in [2.45, 2.75) is 0 Å². The summed E-state index contributed by atoms with van der Waals surface area (Å²) in [5, 5.41) is 0. The molecule has 4 nitrogen and oxygen atoms in total. The molecular weight excluding hydrogens is 285 g/mol. The second kappa shape index (κ2) is 6.85. The molecule has 2 rings (SSSR count). The lowest BCUT2D eigenvalue weighted by molar-refractivity contribution is 0.0473. The highest BCUT2D eigenvalue weighted by molar-refractivity contribution is 5.99. The second-order valence-electron chi connectivity index (χ2n) is 4.92. The number of carbonyl (C=O) groups is 2. The van der Waals surface area contributed by atoms with E-state index < -0.39 is 24.2 Å². The van der Waals surface area contributed by atoms with Crippen molar-refractivity contribution in [3.63, 3.8) is 0 Å². The van der Waals surface area contributed by atoms with Crippen LogP contribution in [0.1, 0.15) is 20.7 Å². The fourth-order valence-electron chi connectivity index (χ4n) is 1.89. The predicted molar refractivity (Wildman–Crippen MR) is 81.8 cm³/mol. The molecule has 0 saturated heterocycles. The fourth-order valence-corrected chi connectivity index (χ4v) is 1.89. The Balaban J connectivity index is 2.03. The van der Waals surface area contributed by atoms with Gasteiger partial charge in [-0.3, -0.25) is 4.79 Å². The van der Waals surface area contributed by atoms with Crippen LogP contribution >= 0.6 is 0 Å². The highest BCUT2D eigenvalue weighted by atomic mass is 19.1. The molecule has 2 aromatic rings. The second-order valence-corrected chi connectivity index (χ2v) is 4.92. The Labute approximate surface area is 128 Å². The third-order valence-corrected chi connectivity index (χ3v) is 3.11. The van der Waals surface area contributed by atoms with Gasteiger partial charge in [-0.1, -0.05) is 18.2 Å². The monoisotopic (exact) mass is 301 g/mol. The van der Waals surface area contributed by atoms with Gasteiger partial charge in [0.1, 0.15) is 5.82 Å². The Morgan fingerprint density at radius 3 is 2.50 bits per heavy atom. The Hall–Kier alpha value is -2.69. The van der Waals surface area contributed by atoms with Crippen LogP contribution in [0.15, 0.2) is 48.5 Å². The summed E-state index contributed by atoms with van der Waals surface area (Å²) in [6, 6.07) is 12.4. The molecule has 0 aliphatic heterocycles. The molecule has 0 atom stereocenters. The summed E-state index contributed by atoms with van der Waals surface area (Å²) in [7, 11) is 3.71. The predicted octanol–water partition coefficient (Wildman–Crippen LogP) is 2.93. The highest BCUT2D eigenvalue weighted by Crippen LogP contribution is 2.14. The number of anilines is 1. The third kappa shape index (κ3) is 3.69. The van der Waals surface area contributed by atoms with E-state index in [1.54, 1.807) is 24.3 Å². The number of rotatable bonds is 5. The SMILES string of the molecule is CN(C)c1cccc(C(=O)OCC(=O)c2ccccc2F)c1. The number of ketones is 1. The summed E-state index contributed by atoms with van der Waals surface area (Å²) in [5.41, 5.74) is 1.10. The molecule has 2 aromatic carbocycles. The van der Waals surface area contributed by atoms with Crippen molar-refractivity contribution >= 4 is 17.4 Å². The van der Waals surface area contributed by atoms with Gasteiger partial charge in [0.25, 0.3) is 0 Å². The molecule has 0 heterocycles. The van der Waals surface area contributed by atoms with Gasteiger partial charge in [-0.25, -0.2) is 9.18 Å². The molecular formula is C17H16FNO3. The normalized spacial score (nSPS) is 10.1. The molecule has 0 N–H and O–H groups in total. The van der Waals surface area contributed by atoms with Crippen molar-refractivity contribution in [3.8, 4) is 0 Å². The van der Waals surface area contributed by atoms with Crippen molar-refractivity contribution in [1.82, 2.24) is 0 Å². The molecule has 0 radical (unpaired) electrons. The molecule has 0 spiro atoms. The van der Waals surface area contributed by atoms with E-state index in [1.807, 2.05) is 25.1 Å². The molecule has 0 amide bonds. The number of halogens is 1. The van der Waals surface area contributed by atoms with Crippen LogP contribution < -0.4 is 4.90 Å². The number of hydrogen-bond donors (Lipinski definition) is 0. The van der Waals surface area contributed by atoms with Crippen molar-refractivity contribution < 1.29 is 18.7 Å². The number of Topliss-reactive ketones (excluding diaryl/α,β-unsaturated/α-hetero) is 1. The van der Waals surface area contributed by atoms with E-state index in [9.17, 15) is 14.0 Å². The number of esters is 1. The smallest absolute Gasteiger partial charge is 0.338 e. The molecule has 114 valence electrons. The molecule has 0 aliphatic rings. The van der Waals surface area contributed by atoms with Gasteiger partial charge in [0.15, 0.2) is 6.61 Å². The van der Waals surface area contributed by atoms with E-state index in [2.05, 4.69) is 0 Å². The van der Waals surface area contributed by atoms with Gasteiger partial charge in [0.2, 0.25) is 5.78 Å². The largest absolute Gasteiger partial charge is 0.454 e. The Bertz CT molecular complexity index is 698. The van der Waals surface area contributed by atoms with Crippen molar-refractivity contribution in [2.24, 2.45) is 0 Å². The maximum Gasteiger partial charge on any atom is 0.338 e. The van der Waals surface area contributed by atoms with Crippen molar-refractivity contribution in [1.29, 1.82) is 0 Å². The summed E-state index contributed by atoms with van der Waals surface area (Å²) in [4.78, 5) is 25.7. The number of ether oxygens (including phenoxy) is 1.